The van der Waals surface area contributed by atoms with Gasteiger partial charge in [-0.25, -0.2) is 0 Å². The summed E-state index contributed by atoms with van der Waals surface area (Å²) in [5.74, 6) is 3.08. The summed E-state index contributed by atoms with van der Waals surface area (Å²) in [5, 5.41) is 0. The first-order valence-corrected chi connectivity index (χ1v) is 4.12. The zero-order valence-electron chi connectivity index (χ0n) is 6.25. The van der Waals surface area contributed by atoms with Gasteiger partial charge in [0.05, 0.1) is 0 Å². The first-order chi connectivity index (χ1) is 4.42. The molecule has 0 aromatic heterocycles. The molecule has 2 aliphatic carbocycles. The summed E-state index contributed by atoms with van der Waals surface area (Å²) in [6.07, 6.45) is 5.93. The van der Waals surface area contributed by atoms with E-state index in [1.165, 1.54) is 25.7 Å². The van der Waals surface area contributed by atoms with E-state index in [1.807, 2.05) is 0 Å². The fourth-order valence-electron chi connectivity index (χ4n) is 1.99. The van der Waals surface area contributed by atoms with Gasteiger partial charge in [-0.1, -0.05) is 19.3 Å². The van der Waals surface area contributed by atoms with Crippen LogP contribution in [0.1, 0.15) is 25.7 Å². The Bertz CT molecular complexity index is 112. The van der Waals surface area contributed by atoms with Crippen LogP contribution in [-0.2, 0) is 0 Å². The second-order valence-electron chi connectivity index (χ2n) is 3.59. The summed E-state index contributed by atoms with van der Waals surface area (Å²) in [6.45, 7) is 0.946. The van der Waals surface area contributed by atoms with Crippen molar-refractivity contribution >= 4 is 12.4 Å². The molecule has 0 aromatic carbocycles. The van der Waals surface area contributed by atoms with Gasteiger partial charge in [-0.05, 0) is 30.7 Å². The van der Waals surface area contributed by atoms with Crippen LogP contribution in [0.15, 0.2) is 0 Å². The molecular formula is C8H16ClN. The maximum Gasteiger partial charge on any atom is -0.00460 e. The number of hydrogen-bond donors (Lipinski definition) is 1. The van der Waals surface area contributed by atoms with Gasteiger partial charge in [-0.2, -0.15) is 0 Å². The Balaban J connectivity index is 0.000000500. The van der Waals surface area contributed by atoms with Crippen molar-refractivity contribution in [1.29, 1.82) is 0 Å². The van der Waals surface area contributed by atoms with Gasteiger partial charge < -0.3 is 5.73 Å². The minimum Gasteiger partial charge on any atom is -0.330 e. The molecule has 0 amide bonds. The van der Waals surface area contributed by atoms with Crippen LogP contribution in [0.25, 0.3) is 0 Å². The maximum atomic E-state index is 5.54. The smallest absolute Gasteiger partial charge is 0.00460 e. The van der Waals surface area contributed by atoms with Crippen LogP contribution in [0, 0.1) is 17.8 Å². The fourth-order valence-corrected chi connectivity index (χ4v) is 1.99. The summed E-state index contributed by atoms with van der Waals surface area (Å²) >= 11 is 0. The first kappa shape index (κ1) is 8.35. The Morgan fingerprint density at radius 2 is 2.00 bits per heavy atom. The van der Waals surface area contributed by atoms with E-state index in [2.05, 4.69) is 0 Å². The molecule has 0 aliphatic heterocycles. The van der Waals surface area contributed by atoms with E-state index >= 15 is 0 Å². The Hall–Kier alpha value is 0.250. The molecule has 1 nitrogen and oxygen atoms in total. The normalized spacial score (nSPS) is 38.1. The quantitative estimate of drug-likeness (QED) is 0.657. The molecule has 0 spiro atoms. The molecular weight excluding hydrogens is 146 g/mol. The van der Waals surface area contributed by atoms with Crippen molar-refractivity contribution in [3.8, 4) is 0 Å². The Labute approximate surface area is 68.8 Å². The van der Waals surface area contributed by atoms with Gasteiger partial charge in [0.15, 0.2) is 0 Å². The van der Waals surface area contributed by atoms with Gasteiger partial charge in [-0.15, -0.1) is 12.4 Å². The number of rotatable bonds is 2. The third-order valence-corrected chi connectivity index (χ3v) is 3.04. The lowest BCUT2D eigenvalue weighted by Gasteiger charge is -2.25. The minimum atomic E-state index is 0. The molecule has 0 heterocycles. The van der Waals surface area contributed by atoms with Crippen molar-refractivity contribution in [3.63, 3.8) is 0 Å². The van der Waals surface area contributed by atoms with E-state index in [4.69, 9.17) is 5.73 Å². The minimum absolute atomic E-state index is 0. The first-order valence-electron chi connectivity index (χ1n) is 4.12. The van der Waals surface area contributed by atoms with Crippen LogP contribution in [0.2, 0.25) is 0 Å². The van der Waals surface area contributed by atoms with Crippen molar-refractivity contribution in [2.75, 3.05) is 6.54 Å². The topological polar surface area (TPSA) is 26.0 Å². The van der Waals surface area contributed by atoms with Crippen LogP contribution in [0.4, 0.5) is 0 Å². The van der Waals surface area contributed by atoms with Crippen LogP contribution < -0.4 is 5.73 Å². The largest absolute Gasteiger partial charge is 0.330 e. The molecule has 2 unspecified atom stereocenters. The number of halogens is 1. The van der Waals surface area contributed by atoms with E-state index in [0.29, 0.717) is 0 Å². The Kier molecular flexibility index (Phi) is 2.59. The molecule has 2 aliphatic rings. The highest BCUT2D eigenvalue weighted by molar-refractivity contribution is 5.85. The van der Waals surface area contributed by atoms with Gasteiger partial charge >= 0.3 is 0 Å². The highest BCUT2D eigenvalue weighted by Crippen LogP contribution is 2.50. The summed E-state index contributed by atoms with van der Waals surface area (Å²) in [4.78, 5) is 0. The zero-order valence-corrected chi connectivity index (χ0v) is 7.07. The van der Waals surface area contributed by atoms with E-state index in [-0.39, 0.29) is 12.4 Å². The van der Waals surface area contributed by atoms with E-state index in [0.717, 1.165) is 24.3 Å². The molecule has 10 heavy (non-hydrogen) atoms. The summed E-state index contributed by atoms with van der Waals surface area (Å²) < 4.78 is 0. The van der Waals surface area contributed by atoms with E-state index in [1.54, 1.807) is 0 Å². The molecule has 0 bridgehead atoms. The lowest BCUT2D eigenvalue weighted by Crippen LogP contribution is -2.16. The van der Waals surface area contributed by atoms with Crippen LogP contribution in [0.5, 0.6) is 0 Å². The average molecular weight is 162 g/mol. The highest BCUT2D eigenvalue weighted by Gasteiger charge is 2.43. The predicted molar refractivity (Wildman–Crippen MR) is 45.2 cm³/mol. The van der Waals surface area contributed by atoms with Crippen molar-refractivity contribution in [3.05, 3.63) is 0 Å². The molecule has 0 radical (unpaired) electrons. The molecule has 0 aromatic rings. The SMILES string of the molecule is Cl.NCC1CC1C1CCC1. The molecule has 2 saturated carbocycles. The molecule has 2 rings (SSSR count). The molecule has 2 N–H and O–H groups in total. The number of hydrogen-bond acceptors (Lipinski definition) is 1. The average Bonchev–Trinajstić information content (AvgIpc) is 2.42. The summed E-state index contributed by atoms with van der Waals surface area (Å²) in [5.41, 5.74) is 5.54. The standard InChI is InChI=1S/C8H15N.ClH/c9-5-7-4-8(7)6-2-1-3-6;/h6-8H,1-5,9H2;1H. The monoisotopic (exact) mass is 161 g/mol. The molecule has 0 saturated heterocycles. The molecule has 2 fully saturated rings. The summed E-state index contributed by atoms with van der Waals surface area (Å²) in [6, 6.07) is 0. The second kappa shape index (κ2) is 3.10. The van der Waals surface area contributed by atoms with Gasteiger partial charge in [0.1, 0.15) is 0 Å². The molecule has 2 atom stereocenters. The summed E-state index contributed by atoms with van der Waals surface area (Å²) in [7, 11) is 0. The van der Waals surface area contributed by atoms with Crippen LogP contribution >= 0.6 is 12.4 Å². The molecule has 2 heteroatoms. The number of nitrogens with two attached hydrogens (primary N) is 1. The fraction of sp³-hybridized carbons (Fsp3) is 1.00. The van der Waals surface area contributed by atoms with Crippen molar-refractivity contribution < 1.29 is 0 Å². The Morgan fingerprint density at radius 1 is 1.30 bits per heavy atom. The van der Waals surface area contributed by atoms with Crippen LogP contribution in [0.3, 0.4) is 0 Å². The second-order valence-corrected chi connectivity index (χ2v) is 3.59. The van der Waals surface area contributed by atoms with Crippen molar-refractivity contribution in [1.82, 2.24) is 0 Å². The third kappa shape index (κ3) is 1.30. The van der Waals surface area contributed by atoms with Gasteiger partial charge in [-0.3, -0.25) is 0 Å². The van der Waals surface area contributed by atoms with Gasteiger partial charge in [0, 0.05) is 0 Å². The van der Waals surface area contributed by atoms with E-state index < -0.39 is 0 Å². The van der Waals surface area contributed by atoms with Crippen molar-refractivity contribution in [2.45, 2.75) is 25.7 Å². The predicted octanol–water partition coefficient (Wildman–Crippen LogP) is 1.80. The third-order valence-electron chi connectivity index (χ3n) is 3.04. The zero-order chi connectivity index (χ0) is 6.27. The lowest BCUT2D eigenvalue weighted by molar-refractivity contribution is 0.266. The van der Waals surface area contributed by atoms with Crippen molar-refractivity contribution in [2.24, 2.45) is 23.5 Å². The van der Waals surface area contributed by atoms with E-state index in [9.17, 15) is 0 Å². The highest BCUT2D eigenvalue weighted by atomic mass is 35.5. The lowest BCUT2D eigenvalue weighted by atomic mass is 9.81. The Morgan fingerprint density at radius 3 is 2.30 bits per heavy atom. The molecule has 60 valence electrons. The van der Waals surface area contributed by atoms with Crippen LogP contribution in [-0.4, -0.2) is 6.54 Å². The van der Waals surface area contributed by atoms with Gasteiger partial charge in [0.25, 0.3) is 0 Å². The maximum absolute atomic E-state index is 5.54. The van der Waals surface area contributed by atoms with Gasteiger partial charge in [0.2, 0.25) is 0 Å².